The summed E-state index contributed by atoms with van der Waals surface area (Å²) in [5.74, 6) is 0. The van der Waals surface area contributed by atoms with Crippen LogP contribution in [0.3, 0.4) is 0 Å². The van der Waals surface area contributed by atoms with Crippen molar-refractivity contribution in [3.63, 3.8) is 0 Å². The first-order valence-electron chi connectivity index (χ1n) is 11.2. The van der Waals surface area contributed by atoms with Crippen molar-refractivity contribution in [3.8, 4) is 0 Å². The van der Waals surface area contributed by atoms with E-state index in [2.05, 4.69) is 32.6 Å². The lowest BCUT2D eigenvalue weighted by Crippen LogP contribution is -2.25. The summed E-state index contributed by atoms with van der Waals surface area (Å²) in [7, 11) is -3.74. The molecule has 6 heteroatoms. The van der Waals surface area contributed by atoms with Crippen LogP contribution in [0.15, 0.2) is 0 Å². The van der Waals surface area contributed by atoms with E-state index in [-0.39, 0.29) is 23.1 Å². The first kappa shape index (κ1) is 32.3. The van der Waals surface area contributed by atoms with Gasteiger partial charge in [0.25, 0.3) is 0 Å². The maximum Gasteiger partial charge on any atom is 0.325 e. The van der Waals surface area contributed by atoms with E-state index in [1.807, 2.05) is 0 Å². The number of rotatable bonds is 17. The third kappa shape index (κ3) is 31.5. The van der Waals surface area contributed by atoms with E-state index in [1.165, 1.54) is 83.8 Å². The predicted molar refractivity (Wildman–Crippen MR) is 126 cm³/mol. The van der Waals surface area contributed by atoms with Gasteiger partial charge in [0.1, 0.15) is 0 Å². The van der Waals surface area contributed by atoms with Gasteiger partial charge >= 0.3 is 7.60 Å². The molecule has 0 aliphatic rings. The highest BCUT2D eigenvalue weighted by molar-refractivity contribution is 8.93. The zero-order valence-electron chi connectivity index (χ0n) is 18.6. The van der Waals surface area contributed by atoms with Gasteiger partial charge in [0.15, 0.2) is 0 Å². The number of hydrogen-bond acceptors (Lipinski definition) is 2. The van der Waals surface area contributed by atoms with Crippen LogP contribution in [0.1, 0.15) is 111 Å². The monoisotopic (exact) mass is 473 g/mol. The topological polar surface area (TPSA) is 60.8 Å². The maximum atomic E-state index is 10.6. The molecule has 168 valence electrons. The van der Waals surface area contributed by atoms with Crippen LogP contribution >= 0.6 is 24.6 Å². The fourth-order valence-corrected chi connectivity index (χ4v) is 3.72. The minimum Gasteiger partial charge on any atom is -0.324 e. The highest BCUT2D eigenvalue weighted by Crippen LogP contribution is 2.35. The minimum absolute atomic E-state index is 0. The van der Waals surface area contributed by atoms with Gasteiger partial charge in [-0.1, -0.05) is 85.5 Å². The maximum absolute atomic E-state index is 10.6. The summed E-state index contributed by atoms with van der Waals surface area (Å²) in [6.07, 6.45) is 15.8. The van der Waals surface area contributed by atoms with Crippen molar-refractivity contribution in [2.75, 3.05) is 25.8 Å². The minimum atomic E-state index is -3.74. The molecule has 4 nitrogen and oxygen atoms in total. The fraction of sp³-hybridized carbons (Fsp3) is 1.00. The van der Waals surface area contributed by atoms with E-state index in [0.717, 1.165) is 12.8 Å². The molecular formula is C21H49BrNO3P. The summed E-state index contributed by atoms with van der Waals surface area (Å²) in [5.41, 5.74) is 0. The normalized spacial score (nSPS) is 11.1. The van der Waals surface area contributed by atoms with Gasteiger partial charge < -0.3 is 14.7 Å². The number of nitrogens with zero attached hydrogens (tertiary/aromatic N) is 1. The van der Waals surface area contributed by atoms with E-state index in [1.54, 1.807) is 0 Å². The van der Waals surface area contributed by atoms with Crippen molar-refractivity contribution in [3.05, 3.63) is 0 Å². The molecule has 0 aliphatic carbocycles. The number of hydrogen-bond donors (Lipinski definition) is 2. The second-order valence-corrected chi connectivity index (χ2v) is 9.19. The standard InChI is InChI=1S/C12H27O3P.C9H21N.BrH/c1-2-3-4-5-6-7-8-9-10-11-12-16(13,14)15;1-4-7-10(8-5-2)9-6-3;/h2-12H2,1H3,(H2,13,14,15);4-9H2,1-3H3;1H. The summed E-state index contributed by atoms with van der Waals surface area (Å²) >= 11 is 0. The number of halogens is 1. The molecule has 0 atom stereocenters. The van der Waals surface area contributed by atoms with Crippen molar-refractivity contribution >= 4 is 24.6 Å². The molecule has 27 heavy (non-hydrogen) atoms. The molecule has 0 heterocycles. The summed E-state index contributed by atoms with van der Waals surface area (Å²) in [6, 6.07) is 0. The average Bonchev–Trinajstić information content (AvgIpc) is 2.57. The molecule has 0 aliphatic heterocycles. The molecule has 0 aromatic carbocycles. The third-order valence-electron chi connectivity index (χ3n) is 4.42. The smallest absolute Gasteiger partial charge is 0.324 e. The molecule has 0 fully saturated rings. The second kappa shape index (κ2) is 24.6. The van der Waals surface area contributed by atoms with Gasteiger partial charge in [-0.05, 0) is 45.3 Å². The van der Waals surface area contributed by atoms with Gasteiger partial charge in [0.05, 0.1) is 0 Å². The second-order valence-electron chi connectivity index (χ2n) is 7.41. The van der Waals surface area contributed by atoms with Crippen LogP contribution in [0.4, 0.5) is 0 Å². The van der Waals surface area contributed by atoms with Gasteiger partial charge in [-0.25, -0.2) is 0 Å². The number of unbranched alkanes of at least 4 members (excludes halogenated alkanes) is 9. The Morgan fingerprint density at radius 1 is 0.593 bits per heavy atom. The lowest BCUT2D eigenvalue weighted by Gasteiger charge is -2.19. The van der Waals surface area contributed by atoms with E-state index in [0.29, 0.717) is 6.42 Å². The SMILES string of the molecule is Br.CCCCCCCCCCCCP(=O)(O)O.CCCN(CCC)CCC. The van der Waals surface area contributed by atoms with E-state index in [9.17, 15) is 4.57 Å². The molecule has 0 aromatic heterocycles. The highest BCUT2D eigenvalue weighted by Gasteiger charge is 2.10. The third-order valence-corrected chi connectivity index (χ3v) is 5.32. The molecule has 0 rings (SSSR count). The summed E-state index contributed by atoms with van der Waals surface area (Å²) in [4.78, 5) is 19.8. The fourth-order valence-electron chi connectivity index (χ4n) is 3.09. The Morgan fingerprint density at radius 2 is 0.926 bits per heavy atom. The predicted octanol–water partition coefficient (Wildman–Crippen LogP) is 7.18. The van der Waals surface area contributed by atoms with Gasteiger partial charge in [-0.15, -0.1) is 17.0 Å². The van der Waals surface area contributed by atoms with Crippen LogP contribution < -0.4 is 0 Å². The molecule has 0 spiro atoms. The van der Waals surface area contributed by atoms with Gasteiger partial charge in [0, 0.05) is 6.16 Å². The zero-order chi connectivity index (χ0) is 20.1. The zero-order valence-corrected chi connectivity index (χ0v) is 21.2. The molecule has 0 amide bonds. The summed E-state index contributed by atoms with van der Waals surface area (Å²) in [6.45, 7) is 12.8. The van der Waals surface area contributed by atoms with Gasteiger partial charge in [0.2, 0.25) is 0 Å². The first-order valence-corrected chi connectivity index (χ1v) is 13.0. The van der Waals surface area contributed by atoms with E-state index >= 15 is 0 Å². The molecule has 2 N–H and O–H groups in total. The Balaban J connectivity index is -0.000000454. The van der Waals surface area contributed by atoms with Crippen LogP contribution in [0, 0.1) is 0 Å². The largest absolute Gasteiger partial charge is 0.325 e. The van der Waals surface area contributed by atoms with Crippen LogP contribution in [-0.2, 0) is 4.57 Å². The molecule has 0 unspecified atom stereocenters. The van der Waals surface area contributed by atoms with Crippen LogP contribution in [0.25, 0.3) is 0 Å². The van der Waals surface area contributed by atoms with Crippen molar-refractivity contribution in [2.24, 2.45) is 0 Å². The molecule has 0 aromatic rings. The summed E-state index contributed by atoms with van der Waals surface area (Å²) < 4.78 is 10.6. The first-order chi connectivity index (χ1) is 12.4. The molecule has 0 saturated heterocycles. The van der Waals surface area contributed by atoms with Gasteiger partial charge in [-0.3, -0.25) is 4.57 Å². The molecule has 0 radical (unpaired) electrons. The van der Waals surface area contributed by atoms with Crippen molar-refractivity contribution in [1.29, 1.82) is 0 Å². The van der Waals surface area contributed by atoms with Gasteiger partial charge in [-0.2, -0.15) is 0 Å². The Bertz CT molecular complexity index is 300. The van der Waals surface area contributed by atoms with E-state index < -0.39 is 7.60 Å². The average molecular weight is 475 g/mol. The van der Waals surface area contributed by atoms with Crippen molar-refractivity contribution < 1.29 is 14.4 Å². The molecular weight excluding hydrogens is 425 g/mol. The van der Waals surface area contributed by atoms with Crippen LogP contribution in [-0.4, -0.2) is 40.5 Å². The van der Waals surface area contributed by atoms with E-state index in [4.69, 9.17) is 9.79 Å². The van der Waals surface area contributed by atoms with Crippen LogP contribution in [0.5, 0.6) is 0 Å². The summed E-state index contributed by atoms with van der Waals surface area (Å²) in [5, 5.41) is 0. The Kier molecular flexibility index (Phi) is 29.4. The molecule has 0 bridgehead atoms. The Hall–Kier alpha value is 0.590. The molecule has 0 saturated carbocycles. The van der Waals surface area contributed by atoms with Crippen molar-refractivity contribution in [1.82, 2.24) is 4.90 Å². The van der Waals surface area contributed by atoms with Crippen molar-refractivity contribution in [2.45, 2.75) is 111 Å². The lowest BCUT2D eigenvalue weighted by atomic mass is 10.1. The lowest BCUT2D eigenvalue weighted by molar-refractivity contribution is 0.275. The highest BCUT2D eigenvalue weighted by atomic mass is 79.9. The Labute approximate surface area is 180 Å². The Morgan fingerprint density at radius 3 is 1.22 bits per heavy atom. The quantitative estimate of drug-likeness (QED) is 0.173. The van der Waals surface area contributed by atoms with Crippen LogP contribution in [0.2, 0.25) is 0 Å².